The molecule has 1 aliphatic heterocycles. The predicted molar refractivity (Wildman–Crippen MR) is 80.1 cm³/mol. The Labute approximate surface area is 117 Å². The molecule has 3 rings (SSSR count). The first-order valence-electron chi connectivity index (χ1n) is 7.94. The Morgan fingerprint density at radius 3 is 2.68 bits per heavy atom. The summed E-state index contributed by atoms with van der Waals surface area (Å²) in [7, 11) is 0. The Morgan fingerprint density at radius 2 is 1.89 bits per heavy atom. The molecular formula is C17H26N2. The number of rotatable bonds is 4. The Bertz CT molecular complexity index is 370. The van der Waals surface area contributed by atoms with Crippen LogP contribution < -0.4 is 10.6 Å². The zero-order chi connectivity index (χ0) is 12.9. The van der Waals surface area contributed by atoms with E-state index in [1.807, 2.05) is 0 Å². The summed E-state index contributed by atoms with van der Waals surface area (Å²) in [6.07, 6.45) is 8.33. The summed E-state index contributed by atoms with van der Waals surface area (Å²) in [5, 5.41) is 7.55. The monoisotopic (exact) mass is 258 g/mol. The molecule has 1 saturated heterocycles. The Morgan fingerprint density at radius 1 is 1.00 bits per heavy atom. The minimum Gasteiger partial charge on any atom is -0.314 e. The number of piperidine rings is 1. The molecule has 2 fully saturated rings. The molecule has 1 aromatic carbocycles. The third-order valence-electron chi connectivity index (χ3n) is 4.85. The maximum absolute atomic E-state index is 3.81. The van der Waals surface area contributed by atoms with E-state index in [0.717, 1.165) is 24.5 Å². The standard InChI is InChI=1S/C17H26N2/c1-2-7-14(8-3-1)13-19-17-11-6-9-15(17)16-10-4-5-12-18-16/h1-3,7-8,15-19H,4-6,9-13H2. The van der Waals surface area contributed by atoms with E-state index >= 15 is 0 Å². The van der Waals surface area contributed by atoms with E-state index in [0.29, 0.717) is 0 Å². The van der Waals surface area contributed by atoms with Crippen LogP contribution in [0, 0.1) is 5.92 Å². The quantitative estimate of drug-likeness (QED) is 0.867. The summed E-state index contributed by atoms with van der Waals surface area (Å²) in [5.74, 6) is 0.851. The number of nitrogens with one attached hydrogen (secondary N) is 2. The van der Waals surface area contributed by atoms with Gasteiger partial charge in [-0.2, -0.15) is 0 Å². The molecule has 0 bridgehead atoms. The molecular weight excluding hydrogens is 232 g/mol. The van der Waals surface area contributed by atoms with Crippen LogP contribution in [0.15, 0.2) is 30.3 Å². The summed E-state index contributed by atoms with van der Waals surface area (Å²) < 4.78 is 0. The van der Waals surface area contributed by atoms with Gasteiger partial charge in [0.15, 0.2) is 0 Å². The molecule has 2 nitrogen and oxygen atoms in total. The van der Waals surface area contributed by atoms with Gasteiger partial charge in [0.25, 0.3) is 0 Å². The summed E-state index contributed by atoms with van der Waals surface area (Å²) >= 11 is 0. The van der Waals surface area contributed by atoms with E-state index in [-0.39, 0.29) is 0 Å². The Kier molecular flexibility index (Phi) is 4.52. The highest BCUT2D eigenvalue weighted by molar-refractivity contribution is 5.14. The van der Waals surface area contributed by atoms with Gasteiger partial charge in [0, 0.05) is 18.6 Å². The van der Waals surface area contributed by atoms with Crippen LogP contribution in [0.3, 0.4) is 0 Å². The molecule has 0 radical (unpaired) electrons. The van der Waals surface area contributed by atoms with Gasteiger partial charge in [-0.05, 0) is 43.7 Å². The van der Waals surface area contributed by atoms with E-state index in [1.165, 1.54) is 50.6 Å². The van der Waals surface area contributed by atoms with Crippen molar-refractivity contribution in [2.45, 2.75) is 57.2 Å². The van der Waals surface area contributed by atoms with E-state index in [2.05, 4.69) is 41.0 Å². The maximum Gasteiger partial charge on any atom is 0.0208 e. The van der Waals surface area contributed by atoms with Gasteiger partial charge in [-0.3, -0.25) is 0 Å². The third-order valence-corrected chi connectivity index (χ3v) is 4.85. The van der Waals surface area contributed by atoms with Crippen molar-refractivity contribution in [3.8, 4) is 0 Å². The SMILES string of the molecule is c1ccc(CNC2CCCC2C2CCCCN2)cc1. The molecule has 2 aliphatic rings. The van der Waals surface area contributed by atoms with Gasteiger partial charge in [-0.25, -0.2) is 0 Å². The molecule has 0 amide bonds. The smallest absolute Gasteiger partial charge is 0.0208 e. The molecule has 0 aromatic heterocycles. The molecule has 1 heterocycles. The highest BCUT2D eigenvalue weighted by atomic mass is 15.0. The van der Waals surface area contributed by atoms with Crippen LogP contribution in [-0.2, 0) is 6.54 Å². The fraction of sp³-hybridized carbons (Fsp3) is 0.647. The van der Waals surface area contributed by atoms with Gasteiger partial charge < -0.3 is 10.6 Å². The molecule has 3 unspecified atom stereocenters. The van der Waals surface area contributed by atoms with E-state index in [4.69, 9.17) is 0 Å². The van der Waals surface area contributed by atoms with Crippen LogP contribution >= 0.6 is 0 Å². The van der Waals surface area contributed by atoms with Crippen LogP contribution in [-0.4, -0.2) is 18.6 Å². The fourth-order valence-corrected chi connectivity index (χ4v) is 3.81. The van der Waals surface area contributed by atoms with Crippen molar-refractivity contribution in [2.75, 3.05) is 6.54 Å². The van der Waals surface area contributed by atoms with Gasteiger partial charge in [-0.1, -0.05) is 43.2 Å². The zero-order valence-corrected chi connectivity index (χ0v) is 11.8. The first-order valence-corrected chi connectivity index (χ1v) is 7.94. The van der Waals surface area contributed by atoms with Gasteiger partial charge in [-0.15, -0.1) is 0 Å². The first kappa shape index (κ1) is 13.1. The Balaban J connectivity index is 1.54. The average molecular weight is 258 g/mol. The lowest BCUT2D eigenvalue weighted by Gasteiger charge is -2.33. The lowest BCUT2D eigenvalue weighted by atomic mass is 9.88. The van der Waals surface area contributed by atoms with Crippen molar-refractivity contribution in [3.05, 3.63) is 35.9 Å². The number of hydrogen-bond acceptors (Lipinski definition) is 2. The molecule has 19 heavy (non-hydrogen) atoms. The highest BCUT2D eigenvalue weighted by Gasteiger charge is 2.33. The maximum atomic E-state index is 3.81. The second kappa shape index (κ2) is 6.53. The van der Waals surface area contributed by atoms with Crippen molar-refractivity contribution in [1.82, 2.24) is 10.6 Å². The minimum absolute atomic E-state index is 0.718. The second-order valence-electron chi connectivity index (χ2n) is 6.12. The van der Waals surface area contributed by atoms with Crippen molar-refractivity contribution in [2.24, 2.45) is 5.92 Å². The number of hydrogen-bond donors (Lipinski definition) is 2. The second-order valence-corrected chi connectivity index (χ2v) is 6.12. The molecule has 2 heteroatoms. The van der Waals surface area contributed by atoms with Crippen LogP contribution in [0.4, 0.5) is 0 Å². The fourth-order valence-electron chi connectivity index (χ4n) is 3.81. The highest BCUT2D eigenvalue weighted by Crippen LogP contribution is 2.31. The summed E-state index contributed by atoms with van der Waals surface area (Å²) in [4.78, 5) is 0. The van der Waals surface area contributed by atoms with E-state index < -0.39 is 0 Å². The predicted octanol–water partition coefficient (Wildman–Crippen LogP) is 3.09. The van der Waals surface area contributed by atoms with Crippen LogP contribution in [0.25, 0.3) is 0 Å². The lowest BCUT2D eigenvalue weighted by molar-refractivity contribution is 0.257. The van der Waals surface area contributed by atoms with Crippen molar-refractivity contribution in [3.63, 3.8) is 0 Å². The lowest BCUT2D eigenvalue weighted by Crippen LogP contribution is -2.46. The molecule has 1 aliphatic carbocycles. The van der Waals surface area contributed by atoms with Crippen LogP contribution in [0.5, 0.6) is 0 Å². The summed E-state index contributed by atoms with van der Waals surface area (Å²) in [6.45, 7) is 2.25. The molecule has 104 valence electrons. The first-order chi connectivity index (χ1) is 9.43. The van der Waals surface area contributed by atoms with Gasteiger partial charge in [0.1, 0.15) is 0 Å². The average Bonchev–Trinajstić information content (AvgIpc) is 2.95. The largest absolute Gasteiger partial charge is 0.314 e. The van der Waals surface area contributed by atoms with Crippen molar-refractivity contribution < 1.29 is 0 Å². The van der Waals surface area contributed by atoms with E-state index in [1.54, 1.807) is 0 Å². The van der Waals surface area contributed by atoms with Crippen molar-refractivity contribution >= 4 is 0 Å². The molecule has 3 atom stereocenters. The van der Waals surface area contributed by atoms with Crippen LogP contribution in [0.1, 0.15) is 44.1 Å². The summed E-state index contributed by atoms with van der Waals surface area (Å²) in [5.41, 5.74) is 1.41. The third kappa shape index (κ3) is 3.37. The van der Waals surface area contributed by atoms with Gasteiger partial charge >= 0.3 is 0 Å². The van der Waals surface area contributed by atoms with E-state index in [9.17, 15) is 0 Å². The molecule has 1 aromatic rings. The Hall–Kier alpha value is -0.860. The topological polar surface area (TPSA) is 24.1 Å². The number of benzene rings is 1. The molecule has 2 N–H and O–H groups in total. The minimum atomic E-state index is 0.718. The summed E-state index contributed by atoms with van der Waals surface area (Å²) in [6, 6.07) is 12.3. The van der Waals surface area contributed by atoms with Gasteiger partial charge in [0.2, 0.25) is 0 Å². The van der Waals surface area contributed by atoms with Gasteiger partial charge in [0.05, 0.1) is 0 Å². The zero-order valence-electron chi connectivity index (χ0n) is 11.8. The molecule has 1 saturated carbocycles. The molecule has 0 spiro atoms. The normalized spacial score (nSPS) is 31.5. The van der Waals surface area contributed by atoms with Crippen LogP contribution in [0.2, 0.25) is 0 Å². The van der Waals surface area contributed by atoms with Crippen molar-refractivity contribution in [1.29, 1.82) is 0 Å².